The Morgan fingerprint density at radius 1 is 0.909 bits per heavy atom. The van der Waals surface area contributed by atoms with Gasteiger partial charge >= 0.3 is 17.9 Å². The molecule has 10 nitrogen and oxygen atoms in total. The fraction of sp³-hybridized carbons (Fsp3) is 0.324. The van der Waals surface area contributed by atoms with Crippen molar-refractivity contribution in [3.05, 3.63) is 75.4 Å². The number of nitrogens with zero attached hydrogens (tertiary/aromatic N) is 2. The van der Waals surface area contributed by atoms with Gasteiger partial charge in [0.1, 0.15) is 0 Å². The molecule has 44 heavy (non-hydrogen) atoms. The van der Waals surface area contributed by atoms with Gasteiger partial charge in [-0.25, -0.2) is 9.78 Å². The van der Waals surface area contributed by atoms with Crippen LogP contribution < -0.4 is 0 Å². The first kappa shape index (κ1) is 30.5. The van der Waals surface area contributed by atoms with Crippen molar-refractivity contribution in [2.75, 3.05) is 0 Å². The van der Waals surface area contributed by atoms with E-state index in [-0.39, 0.29) is 35.6 Å². The molecule has 3 aromatic rings. The summed E-state index contributed by atoms with van der Waals surface area (Å²) in [6.07, 6.45) is 2.03. The summed E-state index contributed by atoms with van der Waals surface area (Å²) in [5, 5.41) is 29.9. The Kier molecular flexibility index (Phi) is 8.03. The zero-order valence-electron chi connectivity index (χ0n) is 25.5. The molecule has 2 unspecified atom stereocenters. The number of aromatic nitrogens is 4. The van der Waals surface area contributed by atoms with E-state index in [9.17, 15) is 29.7 Å². The van der Waals surface area contributed by atoms with Crippen LogP contribution in [0.25, 0.3) is 39.3 Å². The van der Waals surface area contributed by atoms with Crippen molar-refractivity contribution >= 4 is 57.2 Å². The lowest BCUT2D eigenvalue weighted by atomic mass is 9.84. The first-order valence-electron chi connectivity index (χ1n) is 14.6. The van der Waals surface area contributed by atoms with E-state index in [2.05, 4.69) is 16.5 Å². The highest BCUT2D eigenvalue weighted by Gasteiger charge is 2.35. The van der Waals surface area contributed by atoms with Gasteiger partial charge in [-0.2, -0.15) is 0 Å². The number of aliphatic carboxylic acids is 3. The molecule has 0 aliphatic carbocycles. The van der Waals surface area contributed by atoms with Gasteiger partial charge in [0, 0.05) is 57.1 Å². The number of nitrogens with one attached hydrogen (secondary N) is 2. The predicted octanol–water partition coefficient (Wildman–Crippen LogP) is 6.53. The first-order valence-corrected chi connectivity index (χ1v) is 14.6. The van der Waals surface area contributed by atoms with Crippen LogP contribution in [0.3, 0.4) is 0 Å². The standard InChI is InChI=1S/C34H36N4O6/c1-7-19-15(3)23-12-25-17(5)21(9-10-29(39)40)32(37-25)22(11-30(41)42)33-31(34(43)44)18(6)26(38-33)14-28-20(8-2)16(4)24(36-28)13-27(19)35-23/h7,12-14,17,21,35-36H,1,8-11H2,2-6H3,(H,39,40)(H,41,42)(H,43,44). The van der Waals surface area contributed by atoms with E-state index in [1.165, 1.54) is 0 Å². The van der Waals surface area contributed by atoms with E-state index in [1.54, 1.807) is 13.0 Å². The molecule has 8 bridgehead atoms. The van der Waals surface area contributed by atoms with Crippen LogP contribution in [0.4, 0.5) is 0 Å². The van der Waals surface area contributed by atoms with Gasteiger partial charge in [-0.05, 0) is 74.1 Å². The number of hydrogen-bond donors (Lipinski definition) is 5. The van der Waals surface area contributed by atoms with Crippen LogP contribution in [-0.4, -0.2) is 53.2 Å². The molecule has 0 spiro atoms. The number of fused-ring (bicyclic) bond motifs is 8. The molecule has 0 amide bonds. The molecule has 0 fully saturated rings. The van der Waals surface area contributed by atoms with E-state index in [0.29, 0.717) is 29.1 Å². The predicted molar refractivity (Wildman–Crippen MR) is 169 cm³/mol. The van der Waals surface area contributed by atoms with Crippen molar-refractivity contribution < 1.29 is 29.7 Å². The second-order valence-corrected chi connectivity index (χ2v) is 11.5. The highest BCUT2D eigenvalue weighted by molar-refractivity contribution is 6.24. The Balaban J connectivity index is 2.04. The van der Waals surface area contributed by atoms with Crippen LogP contribution in [0.5, 0.6) is 0 Å². The number of carboxylic acid groups (broad SMARTS) is 3. The average Bonchev–Trinajstić information content (AvgIpc) is 3.63. The number of allylic oxidation sites excluding steroid dienone is 1. The minimum absolute atomic E-state index is 0.0451. The molecule has 2 atom stereocenters. The summed E-state index contributed by atoms with van der Waals surface area (Å²) in [5.41, 5.74) is 9.23. The molecule has 0 radical (unpaired) electrons. The van der Waals surface area contributed by atoms with Crippen molar-refractivity contribution in [3.63, 3.8) is 0 Å². The van der Waals surface area contributed by atoms with Gasteiger partial charge in [0.2, 0.25) is 0 Å². The lowest BCUT2D eigenvalue weighted by Gasteiger charge is -2.17. The molecule has 2 aliphatic heterocycles. The highest BCUT2D eigenvalue weighted by atomic mass is 16.4. The second kappa shape index (κ2) is 11.6. The monoisotopic (exact) mass is 596 g/mol. The third kappa shape index (κ3) is 5.21. The summed E-state index contributed by atoms with van der Waals surface area (Å²) < 4.78 is 0. The van der Waals surface area contributed by atoms with Crippen LogP contribution in [-0.2, 0) is 27.2 Å². The number of rotatable bonds is 8. The maximum Gasteiger partial charge on any atom is 0.338 e. The van der Waals surface area contributed by atoms with Gasteiger partial charge in [0.05, 0.1) is 29.1 Å². The van der Waals surface area contributed by atoms with E-state index in [1.807, 2.05) is 45.9 Å². The van der Waals surface area contributed by atoms with E-state index in [0.717, 1.165) is 44.3 Å². The van der Waals surface area contributed by atoms with Gasteiger partial charge in [-0.3, -0.25) is 14.6 Å². The third-order valence-electron chi connectivity index (χ3n) is 8.94. The molecule has 10 heteroatoms. The summed E-state index contributed by atoms with van der Waals surface area (Å²) in [6, 6.07) is 5.75. The molecule has 0 saturated carbocycles. The number of H-pyrrole nitrogens is 2. The molecule has 0 aromatic carbocycles. The van der Waals surface area contributed by atoms with Crippen LogP contribution in [0.15, 0.2) is 24.8 Å². The van der Waals surface area contributed by atoms with Crippen molar-refractivity contribution in [2.24, 2.45) is 0 Å². The number of carbonyl (C=O) groups is 3. The van der Waals surface area contributed by atoms with Crippen LogP contribution in [0.2, 0.25) is 0 Å². The summed E-state index contributed by atoms with van der Waals surface area (Å²) in [5.74, 6) is -4.13. The largest absolute Gasteiger partial charge is 0.481 e. The van der Waals surface area contributed by atoms with Gasteiger partial charge in [-0.15, -0.1) is 0 Å². The highest BCUT2D eigenvalue weighted by Crippen LogP contribution is 2.43. The maximum absolute atomic E-state index is 12.7. The number of carboxylic acids is 3. The minimum Gasteiger partial charge on any atom is -0.481 e. The Labute approximate surface area is 254 Å². The van der Waals surface area contributed by atoms with E-state index >= 15 is 0 Å². The van der Waals surface area contributed by atoms with Crippen molar-refractivity contribution in [2.45, 2.75) is 72.1 Å². The molecule has 3 aromatic heterocycles. The lowest BCUT2D eigenvalue weighted by molar-refractivity contribution is -0.138. The zero-order chi connectivity index (χ0) is 32.0. The first-order chi connectivity index (χ1) is 20.9. The molecule has 5 heterocycles. The third-order valence-corrected chi connectivity index (χ3v) is 8.94. The summed E-state index contributed by atoms with van der Waals surface area (Å²) in [7, 11) is 0. The van der Waals surface area contributed by atoms with Crippen molar-refractivity contribution in [1.29, 1.82) is 0 Å². The Morgan fingerprint density at radius 3 is 2.20 bits per heavy atom. The van der Waals surface area contributed by atoms with Crippen LogP contribution in [0, 0.1) is 13.8 Å². The van der Waals surface area contributed by atoms with E-state index in [4.69, 9.17) is 9.97 Å². The Hall–Kier alpha value is -4.99. The molecular formula is C34H36N4O6. The molecule has 228 valence electrons. The fourth-order valence-corrected chi connectivity index (χ4v) is 6.53. The summed E-state index contributed by atoms with van der Waals surface area (Å²) >= 11 is 0. The van der Waals surface area contributed by atoms with E-state index < -0.39 is 30.2 Å². The average molecular weight is 597 g/mol. The zero-order valence-corrected chi connectivity index (χ0v) is 25.5. The molecule has 0 saturated heterocycles. The lowest BCUT2D eigenvalue weighted by Crippen LogP contribution is -2.13. The van der Waals surface area contributed by atoms with Crippen LogP contribution >= 0.6 is 0 Å². The molecule has 2 aliphatic rings. The SMILES string of the molecule is C=Cc1c(C)c2cc3nc(c(CC(=O)O)c4nc(cc5[nH]c(cc1[nH]2)c(C)c5CC)C(C)=C4C(=O)O)C(CCC(=O)O)C3C. The summed E-state index contributed by atoms with van der Waals surface area (Å²) in [4.78, 5) is 53.2. The van der Waals surface area contributed by atoms with Gasteiger partial charge < -0.3 is 25.3 Å². The fourth-order valence-electron chi connectivity index (χ4n) is 6.53. The topological polar surface area (TPSA) is 169 Å². The number of aryl methyl sites for hydroxylation is 3. The second-order valence-electron chi connectivity index (χ2n) is 11.5. The van der Waals surface area contributed by atoms with Gasteiger partial charge in [0.25, 0.3) is 0 Å². The minimum atomic E-state index is -1.23. The van der Waals surface area contributed by atoms with Crippen molar-refractivity contribution in [3.8, 4) is 0 Å². The van der Waals surface area contributed by atoms with Gasteiger partial charge in [-0.1, -0.05) is 26.5 Å². The summed E-state index contributed by atoms with van der Waals surface area (Å²) in [6.45, 7) is 13.7. The molecule has 5 rings (SSSR count). The Morgan fingerprint density at radius 2 is 1.59 bits per heavy atom. The molecular weight excluding hydrogens is 560 g/mol. The number of aromatic amines is 2. The maximum atomic E-state index is 12.7. The normalized spacial score (nSPS) is 16.3. The van der Waals surface area contributed by atoms with Crippen LogP contribution in [0.1, 0.15) is 96.0 Å². The quantitative estimate of drug-likeness (QED) is 0.195. The number of hydrogen-bond acceptors (Lipinski definition) is 5. The van der Waals surface area contributed by atoms with Crippen molar-refractivity contribution in [1.82, 2.24) is 19.9 Å². The molecule has 5 N–H and O–H groups in total. The smallest absolute Gasteiger partial charge is 0.338 e. The Bertz CT molecular complexity index is 1940. The van der Waals surface area contributed by atoms with Gasteiger partial charge in [0.15, 0.2) is 0 Å².